The van der Waals surface area contributed by atoms with Crippen LogP contribution in [0, 0.1) is 0 Å². The predicted molar refractivity (Wildman–Crippen MR) is 101 cm³/mol. The van der Waals surface area contributed by atoms with E-state index in [-0.39, 0.29) is 29.7 Å². The first-order chi connectivity index (χ1) is 12.4. The van der Waals surface area contributed by atoms with E-state index in [9.17, 15) is 14.4 Å². The lowest BCUT2D eigenvalue weighted by Gasteiger charge is -2.18. The van der Waals surface area contributed by atoms with Crippen LogP contribution in [0.25, 0.3) is 0 Å². The zero-order chi connectivity index (χ0) is 19.1. The number of rotatable bonds is 6. The molecule has 2 rings (SSSR count). The number of carbonyl (C=O) groups is 3. The van der Waals surface area contributed by atoms with E-state index in [0.717, 1.165) is 5.56 Å². The highest BCUT2D eigenvalue weighted by molar-refractivity contribution is 6.34. The van der Waals surface area contributed by atoms with E-state index in [1.54, 1.807) is 12.1 Å². The van der Waals surface area contributed by atoms with E-state index in [4.69, 9.17) is 11.6 Å². The normalized spacial score (nSPS) is 11.3. The van der Waals surface area contributed by atoms with Crippen molar-refractivity contribution in [3.05, 3.63) is 64.7 Å². The van der Waals surface area contributed by atoms with Crippen molar-refractivity contribution in [2.45, 2.75) is 19.4 Å². The van der Waals surface area contributed by atoms with Gasteiger partial charge >= 0.3 is 0 Å². The summed E-state index contributed by atoms with van der Waals surface area (Å²) < 4.78 is 0. The molecule has 136 valence electrons. The maximum atomic E-state index is 12.4. The van der Waals surface area contributed by atoms with Gasteiger partial charge in [0.05, 0.1) is 23.0 Å². The van der Waals surface area contributed by atoms with Crippen LogP contribution in [0.1, 0.15) is 35.3 Å². The molecule has 0 aromatic heterocycles. The highest BCUT2D eigenvalue weighted by atomic mass is 35.5. The number of hydrogen-bond acceptors (Lipinski definition) is 3. The number of hydrogen-bond donors (Lipinski definition) is 3. The number of halogens is 1. The Balaban J connectivity index is 2.13. The molecule has 0 spiro atoms. The molecule has 3 N–H and O–H groups in total. The Morgan fingerprint density at radius 2 is 1.77 bits per heavy atom. The molecule has 2 aromatic rings. The van der Waals surface area contributed by atoms with E-state index >= 15 is 0 Å². The summed E-state index contributed by atoms with van der Waals surface area (Å²) in [5.74, 6) is -0.857. The molecule has 26 heavy (non-hydrogen) atoms. The Labute approximate surface area is 156 Å². The molecule has 0 aliphatic rings. The van der Waals surface area contributed by atoms with Crippen molar-refractivity contribution in [2.75, 3.05) is 12.4 Å². The molecule has 1 atom stereocenters. The lowest BCUT2D eigenvalue weighted by atomic mass is 10.0. The van der Waals surface area contributed by atoms with E-state index in [1.807, 2.05) is 30.3 Å². The zero-order valence-corrected chi connectivity index (χ0v) is 15.3. The Morgan fingerprint density at radius 1 is 1.08 bits per heavy atom. The average Bonchev–Trinajstić information content (AvgIpc) is 2.62. The van der Waals surface area contributed by atoms with Gasteiger partial charge in [0.1, 0.15) is 0 Å². The van der Waals surface area contributed by atoms with Gasteiger partial charge in [-0.1, -0.05) is 41.9 Å². The van der Waals surface area contributed by atoms with Crippen LogP contribution in [-0.4, -0.2) is 24.8 Å². The standard InChI is InChI=1S/C19H20ClN3O3/c1-12(24)22-17(13-6-4-3-5-7-13)11-18(25)23-14-8-9-16(20)15(10-14)19(26)21-2/h3-10,17H,11H2,1-2H3,(H,21,26)(H,22,24)(H,23,25). The van der Waals surface area contributed by atoms with Crippen molar-refractivity contribution in [3.63, 3.8) is 0 Å². The highest BCUT2D eigenvalue weighted by Gasteiger charge is 2.18. The molecule has 0 fully saturated rings. The largest absolute Gasteiger partial charge is 0.355 e. The number of carbonyl (C=O) groups excluding carboxylic acids is 3. The average molecular weight is 374 g/mol. The number of amides is 3. The lowest BCUT2D eigenvalue weighted by molar-refractivity contribution is -0.120. The monoisotopic (exact) mass is 373 g/mol. The Kier molecular flexibility index (Phi) is 6.74. The first kappa shape index (κ1) is 19.5. The SMILES string of the molecule is CNC(=O)c1cc(NC(=O)CC(NC(C)=O)c2ccccc2)ccc1Cl. The summed E-state index contributed by atoms with van der Waals surface area (Å²) in [6.07, 6.45) is 0.0571. The van der Waals surface area contributed by atoms with Crippen molar-refractivity contribution in [1.82, 2.24) is 10.6 Å². The fourth-order valence-corrected chi connectivity index (χ4v) is 2.70. The third-order valence-corrected chi connectivity index (χ3v) is 4.02. The minimum atomic E-state index is -0.445. The number of nitrogens with one attached hydrogen (secondary N) is 3. The minimum absolute atomic E-state index is 0.0571. The van der Waals surface area contributed by atoms with Crippen molar-refractivity contribution in [2.24, 2.45) is 0 Å². The van der Waals surface area contributed by atoms with Crippen LogP contribution in [0.4, 0.5) is 5.69 Å². The third-order valence-electron chi connectivity index (χ3n) is 3.69. The smallest absolute Gasteiger partial charge is 0.252 e. The number of anilines is 1. The highest BCUT2D eigenvalue weighted by Crippen LogP contribution is 2.22. The van der Waals surface area contributed by atoms with Crippen LogP contribution in [0.2, 0.25) is 5.02 Å². The second kappa shape index (κ2) is 9.01. The van der Waals surface area contributed by atoms with Crippen molar-refractivity contribution < 1.29 is 14.4 Å². The van der Waals surface area contributed by atoms with Crippen LogP contribution >= 0.6 is 11.6 Å². The van der Waals surface area contributed by atoms with Gasteiger partial charge in [-0.15, -0.1) is 0 Å². The summed E-state index contributed by atoms with van der Waals surface area (Å²) in [6, 6.07) is 13.5. The van der Waals surface area contributed by atoms with Crippen molar-refractivity contribution in [3.8, 4) is 0 Å². The van der Waals surface area contributed by atoms with Crippen LogP contribution in [0.5, 0.6) is 0 Å². The summed E-state index contributed by atoms with van der Waals surface area (Å²) in [6.45, 7) is 1.41. The molecule has 0 saturated heterocycles. The summed E-state index contributed by atoms with van der Waals surface area (Å²) in [7, 11) is 1.50. The summed E-state index contributed by atoms with van der Waals surface area (Å²) >= 11 is 6.01. The van der Waals surface area contributed by atoms with E-state index in [0.29, 0.717) is 10.7 Å². The molecule has 0 radical (unpaired) electrons. The molecule has 1 unspecified atom stereocenters. The van der Waals surface area contributed by atoms with Gasteiger partial charge in [-0.3, -0.25) is 14.4 Å². The van der Waals surface area contributed by atoms with Crippen molar-refractivity contribution in [1.29, 1.82) is 0 Å². The van der Waals surface area contributed by atoms with E-state index < -0.39 is 6.04 Å². The molecule has 7 heteroatoms. The van der Waals surface area contributed by atoms with Crippen LogP contribution in [-0.2, 0) is 9.59 Å². The molecule has 0 heterocycles. The van der Waals surface area contributed by atoms with Gasteiger partial charge in [0.2, 0.25) is 11.8 Å². The van der Waals surface area contributed by atoms with E-state index in [1.165, 1.54) is 20.0 Å². The molecule has 0 saturated carbocycles. The molecule has 6 nitrogen and oxygen atoms in total. The topological polar surface area (TPSA) is 87.3 Å². The maximum absolute atomic E-state index is 12.4. The van der Waals surface area contributed by atoms with Crippen LogP contribution in [0.3, 0.4) is 0 Å². The fourth-order valence-electron chi connectivity index (χ4n) is 2.49. The predicted octanol–water partition coefficient (Wildman–Crippen LogP) is 2.91. The number of benzene rings is 2. The summed E-state index contributed by atoms with van der Waals surface area (Å²) in [5.41, 5.74) is 1.56. The van der Waals surface area contributed by atoms with E-state index in [2.05, 4.69) is 16.0 Å². The second-order valence-electron chi connectivity index (χ2n) is 5.69. The first-order valence-corrected chi connectivity index (χ1v) is 8.42. The molecule has 0 aliphatic heterocycles. The van der Waals surface area contributed by atoms with Gasteiger partial charge in [0, 0.05) is 19.7 Å². The zero-order valence-electron chi connectivity index (χ0n) is 14.5. The summed E-state index contributed by atoms with van der Waals surface area (Å²) in [4.78, 5) is 35.7. The second-order valence-corrected chi connectivity index (χ2v) is 6.10. The molecular formula is C19H20ClN3O3. The Bertz CT molecular complexity index is 809. The molecule has 2 aromatic carbocycles. The van der Waals surface area contributed by atoms with Gasteiger partial charge in [-0.2, -0.15) is 0 Å². The van der Waals surface area contributed by atoms with Gasteiger partial charge in [0.25, 0.3) is 5.91 Å². The van der Waals surface area contributed by atoms with Gasteiger partial charge in [-0.25, -0.2) is 0 Å². The Hall–Kier alpha value is -2.86. The minimum Gasteiger partial charge on any atom is -0.355 e. The van der Waals surface area contributed by atoms with Gasteiger partial charge in [-0.05, 0) is 23.8 Å². The molecule has 0 bridgehead atoms. The van der Waals surface area contributed by atoms with Crippen LogP contribution < -0.4 is 16.0 Å². The van der Waals surface area contributed by atoms with Gasteiger partial charge < -0.3 is 16.0 Å². The van der Waals surface area contributed by atoms with Crippen molar-refractivity contribution >= 4 is 35.0 Å². The Morgan fingerprint density at radius 3 is 2.38 bits per heavy atom. The fraction of sp³-hybridized carbons (Fsp3) is 0.211. The first-order valence-electron chi connectivity index (χ1n) is 8.04. The maximum Gasteiger partial charge on any atom is 0.252 e. The molecule has 3 amide bonds. The van der Waals surface area contributed by atoms with Gasteiger partial charge in [0.15, 0.2) is 0 Å². The summed E-state index contributed by atoms with van der Waals surface area (Å²) in [5, 5.41) is 8.30. The molecular weight excluding hydrogens is 354 g/mol. The molecule has 0 aliphatic carbocycles. The lowest BCUT2D eigenvalue weighted by Crippen LogP contribution is -2.29. The third kappa shape index (κ3) is 5.32. The van der Waals surface area contributed by atoms with Crippen LogP contribution in [0.15, 0.2) is 48.5 Å². The quantitative estimate of drug-likeness (QED) is 0.727.